The molecule has 0 aromatic rings. The Balaban J connectivity index is 5.45. The Morgan fingerprint density at radius 2 is 0.512 bits per heavy atom. The van der Waals surface area contributed by atoms with Crippen molar-refractivity contribution in [2.45, 2.75) is 218 Å². The maximum atomic E-state index is 12.9. The molecule has 0 heterocycles. The van der Waals surface area contributed by atoms with Gasteiger partial charge in [-0.1, -0.05) is 105 Å². The number of unbranched alkanes of at least 4 members (excludes halogenated alkanes) is 12. The second-order valence-electron chi connectivity index (χ2n) is 21.5. The van der Waals surface area contributed by atoms with Crippen LogP contribution in [-0.4, -0.2) is 219 Å². The molecule has 0 aliphatic carbocycles. The molecule has 0 saturated heterocycles. The van der Waals surface area contributed by atoms with Crippen LogP contribution in [0.3, 0.4) is 0 Å². The molecular formula is C63H115N3O16S4. The molecule has 502 valence electrons. The fourth-order valence-electron chi connectivity index (χ4n) is 8.29. The average Bonchev–Trinajstić information content (AvgIpc) is 3.51. The zero-order valence-corrected chi connectivity index (χ0v) is 57.8. The minimum Gasteiger partial charge on any atom is -0.462 e. The van der Waals surface area contributed by atoms with Crippen LogP contribution < -0.4 is 0 Å². The smallest absolute Gasteiger partial charge is 0.318 e. The van der Waals surface area contributed by atoms with Crippen LogP contribution in [0.2, 0.25) is 0 Å². The summed E-state index contributed by atoms with van der Waals surface area (Å²) in [5, 5.41) is -1.22. The van der Waals surface area contributed by atoms with Gasteiger partial charge in [-0.2, -0.15) is 0 Å². The SMILES string of the molecule is CCCCCCSC(C)C(=O)OCCOC(=O)CCN(CCCN(C)CCCN(CCC(=O)OCCOC(=O)C(C)SCCCCCC)CCC(=O)OCCOC(=O)C(C)SCCCCCC)CCC(=O)OCCOC(=O)C(C)SCCCCCC. The molecule has 0 rings (SSSR count). The van der Waals surface area contributed by atoms with Crippen molar-refractivity contribution >= 4 is 94.8 Å². The second-order valence-corrected chi connectivity index (χ2v) is 27.3. The third kappa shape index (κ3) is 50.9. The predicted octanol–water partition coefficient (Wildman–Crippen LogP) is 11.0. The molecule has 86 heavy (non-hydrogen) atoms. The van der Waals surface area contributed by atoms with E-state index in [1.165, 1.54) is 25.7 Å². The van der Waals surface area contributed by atoms with Gasteiger partial charge in [0.1, 0.15) is 52.9 Å². The van der Waals surface area contributed by atoms with Gasteiger partial charge in [-0.3, -0.25) is 38.4 Å². The first-order chi connectivity index (χ1) is 41.5. The van der Waals surface area contributed by atoms with E-state index >= 15 is 0 Å². The molecule has 4 atom stereocenters. The highest BCUT2D eigenvalue weighted by molar-refractivity contribution is 8.01. The topological polar surface area (TPSA) is 220 Å². The fourth-order valence-corrected chi connectivity index (χ4v) is 12.0. The number of rotatable bonds is 60. The summed E-state index contributed by atoms with van der Waals surface area (Å²) in [4.78, 5) is 108. The second kappa shape index (κ2) is 58.4. The molecule has 0 fully saturated rings. The van der Waals surface area contributed by atoms with Crippen LogP contribution in [0.1, 0.15) is 197 Å². The van der Waals surface area contributed by atoms with Crippen molar-refractivity contribution in [1.29, 1.82) is 0 Å². The first-order valence-electron chi connectivity index (χ1n) is 32.4. The lowest BCUT2D eigenvalue weighted by Gasteiger charge is -2.25. The van der Waals surface area contributed by atoms with Crippen LogP contribution in [0.25, 0.3) is 0 Å². The van der Waals surface area contributed by atoms with E-state index in [2.05, 4.69) is 32.6 Å². The molecule has 0 bridgehead atoms. The van der Waals surface area contributed by atoms with Crippen molar-refractivity contribution in [1.82, 2.24) is 14.7 Å². The predicted molar refractivity (Wildman–Crippen MR) is 350 cm³/mol. The quantitative estimate of drug-likeness (QED) is 0.0314. The van der Waals surface area contributed by atoms with Gasteiger partial charge < -0.3 is 52.6 Å². The van der Waals surface area contributed by atoms with Gasteiger partial charge in [-0.15, -0.1) is 47.0 Å². The summed E-state index contributed by atoms with van der Waals surface area (Å²) < 4.78 is 43.1. The lowest BCUT2D eigenvalue weighted by Crippen LogP contribution is -2.34. The molecule has 0 aromatic heterocycles. The zero-order chi connectivity index (χ0) is 63.8. The number of hydrogen-bond donors (Lipinski definition) is 0. The standard InChI is InChI=1S/C63H115N3O16S4/c1-10-14-18-22-48-83-52(5)60(71)79-44-40-75-56(67)28-36-65(37-29-57(68)76-41-45-80-61(72)53(6)84-49-23-19-15-11-2)34-26-32-64(9)33-27-35-66(38-30-58(69)77-42-46-81-62(73)54(7)85-50-24-20-16-12-3)39-31-59(70)78-43-47-82-63(74)55(8)86-51-25-21-17-13-4/h52-55H,10-51H2,1-9H3. The molecule has 0 spiro atoms. The molecule has 0 amide bonds. The molecule has 0 radical (unpaired) electrons. The highest BCUT2D eigenvalue weighted by Gasteiger charge is 2.21. The van der Waals surface area contributed by atoms with Crippen LogP contribution in [-0.2, 0) is 76.3 Å². The van der Waals surface area contributed by atoms with Crippen molar-refractivity contribution in [3.63, 3.8) is 0 Å². The number of hydrogen-bond acceptors (Lipinski definition) is 23. The Morgan fingerprint density at radius 1 is 0.291 bits per heavy atom. The third-order valence-corrected chi connectivity index (χ3v) is 18.6. The van der Waals surface area contributed by atoms with E-state index in [0.717, 1.165) is 100 Å². The Bertz CT molecular complexity index is 1540. The first-order valence-corrected chi connectivity index (χ1v) is 36.6. The number of ether oxygens (including phenoxy) is 8. The highest BCUT2D eigenvalue weighted by atomic mass is 32.2. The summed E-state index contributed by atoms with van der Waals surface area (Å²) in [6.45, 7) is 19.3. The fraction of sp³-hybridized carbons (Fsp3) is 0.873. The Kier molecular flexibility index (Phi) is 56.4. The maximum absolute atomic E-state index is 12.9. The van der Waals surface area contributed by atoms with Crippen molar-refractivity contribution in [2.24, 2.45) is 0 Å². The van der Waals surface area contributed by atoms with E-state index in [9.17, 15) is 38.4 Å². The number of thioether (sulfide) groups is 4. The summed E-state index contributed by atoms with van der Waals surface area (Å²) in [5.74, 6) is 0.395. The van der Waals surface area contributed by atoms with Gasteiger partial charge in [-0.05, 0) is 122 Å². The molecule has 23 heteroatoms. The number of nitrogens with zero attached hydrogens (tertiary/aromatic N) is 3. The molecule has 0 aliphatic rings. The van der Waals surface area contributed by atoms with Crippen LogP contribution in [0.15, 0.2) is 0 Å². The Hall–Kier alpha value is -2.96. The van der Waals surface area contributed by atoms with Gasteiger partial charge in [0.2, 0.25) is 0 Å². The van der Waals surface area contributed by atoms with E-state index in [1.54, 1.807) is 47.0 Å². The molecule has 0 aliphatic heterocycles. The lowest BCUT2D eigenvalue weighted by atomic mass is 10.2. The first kappa shape index (κ1) is 83.0. The van der Waals surface area contributed by atoms with Gasteiger partial charge in [0.05, 0.1) is 46.7 Å². The van der Waals surface area contributed by atoms with E-state index in [4.69, 9.17) is 37.9 Å². The average molecular weight is 1300 g/mol. The molecule has 19 nitrogen and oxygen atoms in total. The third-order valence-electron chi connectivity index (χ3n) is 13.7. The lowest BCUT2D eigenvalue weighted by molar-refractivity contribution is -0.152. The summed E-state index contributed by atoms with van der Waals surface area (Å²) in [6.07, 6.45) is 19.7. The zero-order valence-electron chi connectivity index (χ0n) is 54.5. The van der Waals surface area contributed by atoms with Gasteiger partial charge in [-0.25, -0.2) is 0 Å². The van der Waals surface area contributed by atoms with Gasteiger partial charge in [0, 0.05) is 26.2 Å². The van der Waals surface area contributed by atoms with Crippen LogP contribution in [0.4, 0.5) is 0 Å². The van der Waals surface area contributed by atoms with Gasteiger partial charge >= 0.3 is 47.8 Å². The van der Waals surface area contributed by atoms with Crippen molar-refractivity contribution in [2.75, 3.05) is 135 Å². The summed E-state index contributed by atoms with van der Waals surface area (Å²) in [5.41, 5.74) is 0. The van der Waals surface area contributed by atoms with Gasteiger partial charge in [0.25, 0.3) is 0 Å². The van der Waals surface area contributed by atoms with Crippen molar-refractivity contribution in [3.05, 3.63) is 0 Å². The maximum Gasteiger partial charge on any atom is 0.318 e. The summed E-state index contributed by atoms with van der Waals surface area (Å²) in [6, 6.07) is 0. The Labute approximate surface area is 535 Å². The van der Waals surface area contributed by atoms with Crippen molar-refractivity contribution in [3.8, 4) is 0 Å². The molecule has 4 unspecified atom stereocenters. The normalized spacial score (nSPS) is 12.8. The van der Waals surface area contributed by atoms with Gasteiger partial charge in [0.15, 0.2) is 0 Å². The van der Waals surface area contributed by atoms with Crippen LogP contribution in [0, 0.1) is 0 Å². The molecule has 0 saturated carbocycles. The summed E-state index contributed by atoms with van der Waals surface area (Å²) >= 11 is 6.25. The number of carbonyl (C=O) groups excluding carboxylic acids is 8. The summed E-state index contributed by atoms with van der Waals surface area (Å²) in [7, 11) is 2.00. The minimum absolute atomic E-state index is 0.0349. The largest absolute Gasteiger partial charge is 0.462 e. The van der Waals surface area contributed by atoms with Crippen molar-refractivity contribution < 1.29 is 76.3 Å². The monoisotopic (exact) mass is 1300 g/mol. The van der Waals surface area contributed by atoms with E-state index in [-0.39, 0.29) is 123 Å². The molecular weight excluding hydrogens is 1180 g/mol. The molecule has 0 aromatic carbocycles. The van der Waals surface area contributed by atoms with Crippen LogP contribution in [0.5, 0.6) is 0 Å². The van der Waals surface area contributed by atoms with E-state index in [0.29, 0.717) is 65.2 Å². The number of carbonyl (C=O) groups is 8. The highest BCUT2D eigenvalue weighted by Crippen LogP contribution is 2.19. The minimum atomic E-state index is -0.452. The van der Waals surface area contributed by atoms with E-state index in [1.807, 2.05) is 44.5 Å². The Morgan fingerprint density at radius 3 is 0.733 bits per heavy atom. The molecule has 0 N–H and O–H groups in total. The van der Waals surface area contributed by atoms with E-state index < -0.39 is 23.9 Å². The number of esters is 8. The van der Waals surface area contributed by atoms with Crippen LogP contribution >= 0.6 is 47.0 Å².